The molecule has 0 spiro atoms. The molecule has 0 bridgehead atoms. The van der Waals surface area contributed by atoms with E-state index in [9.17, 15) is 20.1 Å². The van der Waals surface area contributed by atoms with Crippen molar-refractivity contribution in [3.63, 3.8) is 0 Å². The summed E-state index contributed by atoms with van der Waals surface area (Å²) in [5, 5.41) is 32.3. The van der Waals surface area contributed by atoms with E-state index < -0.39 is 50.0 Å². The normalized spacial score (nSPS) is 41.0. The Morgan fingerprint density at radius 1 is 0.961 bits per heavy atom. The van der Waals surface area contributed by atoms with Crippen LogP contribution < -0.4 is 5.32 Å². The Bertz CT molecular complexity index is 1240. The number of fused-ring (bicyclic) bond motifs is 5. The minimum absolute atomic E-state index is 0.00873. The van der Waals surface area contributed by atoms with E-state index in [0.29, 0.717) is 37.3 Å². The van der Waals surface area contributed by atoms with E-state index in [-0.39, 0.29) is 19.3 Å². The summed E-state index contributed by atoms with van der Waals surface area (Å²) < 4.78 is 50.6. The number of rotatable bonds is 18. The van der Waals surface area contributed by atoms with Gasteiger partial charge >= 0.3 is 0 Å². The monoisotopic (exact) mass is 725 g/mol. The Balaban J connectivity index is 0.978. The van der Waals surface area contributed by atoms with Crippen LogP contribution in [0.3, 0.4) is 0 Å². The van der Waals surface area contributed by atoms with Gasteiger partial charge in [0.2, 0.25) is 5.91 Å². The van der Waals surface area contributed by atoms with E-state index >= 15 is 0 Å². The third-order valence-corrected chi connectivity index (χ3v) is 13.9. The predicted molar refractivity (Wildman–Crippen MR) is 196 cm³/mol. The smallest absolute Gasteiger partial charge is 0.217 e. The molecule has 0 aromatic rings. The molecule has 10 heteroatoms. The molecule has 0 aromatic heterocycles. The molecule has 294 valence electrons. The van der Waals surface area contributed by atoms with Crippen molar-refractivity contribution in [2.45, 2.75) is 149 Å². The fourth-order valence-corrected chi connectivity index (χ4v) is 11.1. The molecule has 4 aliphatic carbocycles. The second-order valence-corrected chi connectivity index (χ2v) is 17.3. The second kappa shape index (κ2) is 18.5. The van der Waals surface area contributed by atoms with Crippen LogP contribution in [0.2, 0.25) is 0 Å². The highest BCUT2D eigenvalue weighted by atomic mass is 16.7. The van der Waals surface area contributed by atoms with Crippen molar-refractivity contribution in [1.82, 2.24) is 5.32 Å². The summed E-state index contributed by atoms with van der Waals surface area (Å²) in [7, 11) is 0. The molecule has 5 aliphatic rings. The maximum absolute atomic E-state index is 12.0. The van der Waals surface area contributed by atoms with E-state index in [1.54, 1.807) is 5.57 Å². The van der Waals surface area contributed by atoms with Crippen LogP contribution in [0.15, 0.2) is 11.6 Å². The summed E-state index contributed by atoms with van der Waals surface area (Å²) in [6.45, 7) is 10.7. The average Bonchev–Trinajstić information content (AvgIpc) is 3.48. The Morgan fingerprint density at radius 2 is 1.69 bits per heavy atom. The number of aliphatic hydroxyl groups excluding tert-OH is 3. The second-order valence-electron chi connectivity index (χ2n) is 17.3. The third kappa shape index (κ3) is 9.59. The van der Waals surface area contributed by atoms with Gasteiger partial charge in [0.1, 0.15) is 24.4 Å². The zero-order chi connectivity index (χ0) is 39.3. The molecular formula is C41H71NO9. The Labute approximate surface area is 311 Å². The zero-order valence-electron chi connectivity index (χ0n) is 35.0. The van der Waals surface area contributed by atoms with Crippen molar-refractivity contribution >= 4 is 5.91 Å². The summed E-state index contributed by atoms with van der Waals surface area (Å²) >= 11 is 0. The standard InChI is InChI=1S/C41H71NO9/c1-26(2)8-7-9-27(3)32-12-13-33-31-11-10-29-24-30(14-16-40(29,5)34(31)15-17-41(32,33)6)49-22-20-47-18-19-48-21-23-50-39-36(42-28(4)44)38(46)37(45)35(25-43)51-39/h10,26-27,30-39,43,45-46H,7-9,11-25H2,1-6H3,(H,42,44)/t27-,30+,31+,32-,33+,34+,35-,36-,37-,38-,39-,40+,41-/m1/s1/i4D3. The summed E-state index contributed by atoms with van der Waals surface area (Å²) in [4.78, 5) is 12.0. The van der Waals surface area contributed by atoms with E-state index in [2.05, 4.69) is 46.0 Å². The van der Waals surface area contributed by atoms with Crippen LogP contribution in [0.25, 0.3) is 0 Å². The van der Waals surface area contributed by atoms with Crippen molar-refractivity contribution in [2.24, 2.45) is 46.3 Å². The van der Waals surface area contributed by atoms with Gasteiger partial charge in [0.05, 0.1) is 52.4 Å². The van der Waals surface area contributed by atoms with Crippen LogP contribution >= 0.6 is 0 Å². The molecule has 0 radical (unpaired) electrons. The Kier molecular flexibility index (Phi) is 13.4. The quantitative estimate of drug-likeness (QED) is 0.108. The lowest BCUT2D eigenvalue weighted by Crippen LogP contribution is -2.64. The first kappa shape index (κ1) is 36.8. The largest absolute Gasteiger partial charge is 0.394 e. The van der Waals surface area contributed by atoms with Gasteiger partial charge in [-0.05, 0) is 97.7 Å². The maximum Gasteiger partial charge on any atom is 0.217 e. The van der Waals surface area contributed by atoms with Gasteiger partial charge in [-0.3, -0.25) is 4.79 Å². The SMILES string of the molecule is [2H]C([2H])([2H])C(=O)N[C@H]1[C@H](OCCOCCOCCO[C@H]2CC[C@@]3(C)C(=CC[C@H]4[C@@H]5CC[C@H]([C@H](C)CCCC(C)C)[C@@]5(C)CC[C@@H]43)C2)O[C@H](CO)[C@@H](O)[C@@H]1O. The molecule has 1 aliphatic heterocycles. The molecule has 0 aromatic carbocycles. The lowest BCUT2D eigenvalue weighted by atomic mass is 9.47. The van der Waals surface area contributed by atoms with Crippen molar-refractivity contribution in [3.8, 4) is 0 Å². The van der Waals surface area contributed by atoms with Crippen molar-refractivity contribution < 1.29 is 47.9 Å². The summed E-state index contributed by atoms with van der Waals surface area (Å²) in [5.41, 5.74) is 2.46. The summed E-state index contributed by atoms with van der Waals surface area (Å²) in [6, 6.07) is -1.36. The molecule has 1 amide bonds. The lowest BCUT2D eigenvalue weighted by molar-refractivity contribution is -0.272. The van der Waals surface area contributed by atoms with Crippen molar-refractivity contribution in [2.75, 3.05) is 46.2 Å². The molecular weight excluding hydrogens is 650 g/mol. The van der Waals surface area contributed by atoms with Crippen molar-refractivity contribution in [3.05, 3.63) is 11.6 Å². The van der Waals surface area contributed by atoms with Crippen LogP contribution in [0.4, 0.5) is 0 Å². The van der Waals surface area contributed by atoms with Gasteiger partial charge in [-0.1, -0.05) is 65.5 Å². The van der Waals surface area contributed by atoms with Crippen LogP contribution in [-0.2, 0) is 28.5 Å². The minimum atomic E-state index is -2.96. The number of aliphatic hydroxyl groups is 3. The lowest BCUT2D eigenvalue weighted by Gasteiger charge is -2.58. The molecule has 4 N–H and O–H groups in total. The van der Waals surface area contributed by atoms with Gasteiger partial charge in [-0.15, -0.1) is 0 Å². The van der Waals surface area contributed by atoms with Crippen molar-refractivity contribution in [1.29, 1.82) is 0 Å². The maximum atomic E-state index is 12.0. The molecule has 51 heavy (non-hydrogen) atoms. The van der Waals surface area contributed by atoms with Gasteiger partial charge in [0, 0.05) is 11.0 Å². The Morgan fingerprint density at radius 3 is 2.39 bits per heavy atom. The first-order valence-corrected chi connectivity index (χ1v) is 20.1. The third-order valence-electron chi connectivity index (χ3n) is 13.9. The van der Waals surface area contributed by atoms with Crippen LogP contribution in [0.1, 0.15) is 116 Å². The Hall–Kier alpha value is -1.11. The fraction of sp³-hybridized carbons (Fsp3) is 0.927. The van der Waals surface area contributed by atoms with E-state index in [4.69, 9.17) is 27.8 Å². The molecule has 1 saturated heterocycles. The fourth-order valence-electron chi connectivity index (χ4n) is 11.1. The first-order valence-electron chi connectivity index (χ1n) is 21.6. The van der Waals surface area contributed by atoms with Crippen LogP contribution in [-0.4, -0.2) is 104 Å². The van der Waals surface area contributed by atoms with Gasteiger partial charge in [0.15, 0.2) is 6.29 Å². The molecule has 5 rings (SSSR count). The highest BCUT2D eigenvalue weighted by Gasteiger charge is 2.59. The molecule has 13 atom stereocenters. The van der Waals surface area contributed by atoms with Gasteiger partial charge in [-0.25, -0.2) is 0 Å². The number of carbonyl (C=O) groups excluding carboxylic acids is 1. The molecule has 4 fully saturated rings. The number of allylic oxidation sites excluding steroid dienone is 1. The van der Waals surface area contributed by atoms with Gasteiger partial charge < -0.3 is 44.3 Å². The summed E-state index contributed by atoms with van der Waals surface area (Å²) in [5.74, 6) is 3.72. The van der Waals surface area contributed by atoms with Crippen LogP contribution in [0, 0.1) is 46.3 Å². The molecule has 0 unspecified atom stereocenters. The van der Waals surface area contributed by atoms with E-state index in [1.807, 2.05) is 0 Å². The minimum Gasteiger partial charge on any atom is -0.394 e. The van der Waals surface area contributed by atoms with Crippen LogP contribution in [0.5, 0.6) is 0 Å². The predicted octanol–water partition coefficient (Wildman–Crippen LogP) is 5.41. The first-order chi connectivity index (χ1) is 25.6. The number of hydrogen-bond acceptors (Lipinski definition) is 9. The van der Waals surface area contributed by atoms with Gasteiger partial charge in [0.25, 0.3) is 0 Å². The molecule has 3 saturated carbocycles. The number of carbonyl (C=O) groups is 1. The number of amides is 1. The number of nitrogens with one attached hydrogen (secondary N) is 1. The molecule has 1 heterocycles. The highest BCUT2D eigenvalue weighted by Crippen LogP contribution is 2.67. The number of hydrogen-bond donors (Lipinski definition) is 4. The van der Waals surface area contributed by atoms with E-state index in [1.165, 1.54) is 57.8 Å². The number of ether oxygens (including phenoxy) is 5. The zero-order valence-corrected chi connectivity index (χ0v) is 32.0. The summed E-state index contributed by atoms with van der Waals surface area (Å²) in [6.07, 6.45) is 11.6. The average molecular weight is 725 g/mol. The molecule has 10 nitrogen and oxygen atoms in total. The van der Waals surface area contributed by atoms with E-state index in [0.717, 1.165) is 48.3 Å². The topological polar surface area (TPSA) is 136 Å². The van der Waals surface area contributed by atoms with Gasteiger partial charge in [-0.2, -0.15) is 0 Å². The highest BCUT2D eigenvalue weighted by molar-refractivity contribution is 5.73.